The molecule has 0 unspecified atom stereocenters. The summed E-state index contributed by atoms with van der Waals surface area (Å²) in [6.45, 7) is 11.2. The number of nitrogens with zero attached hydrogens (tertiary/aromatic N) is 1. The topological polar surface area (TPSA) is 13.1 Å². The smallest absolute Gasteiger partial charge is 0.257 e. The standard InChI is InChI=1S/C31H30NO/c1-17(2)13-24-29-23-10-8-7-9-21(23)11-12-25(29)32(6)30-27-20(5)19(4)16-22-14-18(3)15-26(28(22)27)33-31(24)30/h7-12,14-17H,13H2,1-6H3/q+1. The predicted octanol–water partition coefficient (Wildman–Crippen LogP) is 7.87. The Hall–Kier alpha value is -3.39. The molecule has 0 amide bonds. The van der Waals surface area contributed by atoms with E-state index < -0.39 is 0 Å². The minimum Gasteiger partial charge on any atom is -0.449 e. The van der Waals surface area contributed by atoms with Crippen LogP contribution in [0.2, 0.25) is 0 Å². The molecule has 0 bridgehead atoms. The molecule has 33 heavy (non-hydrogen) atoms. The molecule has 2 heteroatoms. The number of ether oxygens (including phenoxy) is 1. The summed E-state index contributed by atoms with van der Waals surface area (Å²) in [6, 6.07) is 20.1. The van der Waals surface area contributed by atoms with Crippen LogP contribution in [0.15, 0.2) is 54.6 Å². The fraction of sp³-hybridized carbons (Fsp3) is 0.258. The summed E-state index contributed by atoms with van der Waals surface area (Å²) in [6.07, 6.45) is 0.975. The van der Waals surface area contributed by atoms with Gasteiger partial charge >= 0.3 is 0 Å². The molecule has 0 saturated heterocycles. The molecular formula is C31H30NO+. The van der Waals surface area contributed by atoms with E-state index in [9.17, 15) is 0 Å². The van der Waals surface area contributed by atoms with Crippen molar-refractivity contribution in [2.45, 2.75) is 41.0 Å². The highest BCUT2D eigenvalue weighted by molar-refractivity contribution is 6.11. The number of pyridine rings is 1. The molecule has 6 rings (SSSR count). The fourth-order valence-electron chi connectivity index (χ4n) is 5.75. The van der Waals surface area contributed by atoms with Gasteiger partial charge in [-0.1, -0.05) is 50.2 Å². The molecule has 0 radical (unpaired) electrons. The molecule has 0 N–H and O–H groups in total. The zero-order chi connectivity index (χ0) is 23.0. The van der Waals surface area contributed by atoms with E-state index in [0.717, 1.165) is 17.9 Å². The van der Waals surface area contributed by atoms with Crippen LogP contribution in [0.3, 0.4) is 0 Å². The van der Waals surface area contributed by atoms with Crippen molar-refractivity contribution in [3.05, 3.63) is 76.9 Å². The number of hydrogen-bond donors (Lipinski definition) is 0. The number of fused-ring (bicyclic) bond motifs is 5. The highest BCUT2D eigenvalue weighted by atomic mass is 16.5. The van der Waals surface area contributed by atoms with E-state index in [4.69, 9.17) is 4.74 Å². The fourth-order valence-corrected chi connectivity index (χ4v) is 5.75. The van der Waals surface area contributed by atoms with Crippen molar-refractivity contribution in [3.63, 3.8) is 0 Å². The zero-order valence-electron chi connectivity index (χ0n) is 20.3. The largest absolute Gasteiger partial charge is 0.449 e. The van der Waals surface area contributed by atoms with Crippen LogP contribution >= 0.6 is 0 Å². The summed E-state index contributed by atoms with van der Waals surface area (Å²) in [5, 5.41) is 6.39. The van der Waals surface area contributed by atoms with Gasteiger partial charge in [0.2, 0.25) is 11.3 Å². The molecular weight excluding hydrogens is 402 g/mol. The highest BCUT2D eigenvalue weighted by Gasteiger charge is 2.35. The number of rotatable bonds is 2. The SMILES string of the molecule is Cc1cc2c3c(c(C)c(C)cc3c1)-c1c(c(CC(C)C)c3c4ccccc4ccc3[n+]1C)O2. The first-order valence-electron chi connectivity index (χ1n) is 11.9. The third kappa shape index (κ3) is 2.83. The summed E-state index contributed by atoms with van der Waals surface area (Å²) in [7, 11) is 2.20. The third-order valence-electron chi connectivity index (χ3n) is 7.32. The van der Waals surface area contributed by atoms with Crippen molar-refractivity contribution in [1.29, 1.82) is 0 Å². The van der Waals surface area contributed by atoms with Gasteiger partial charge in [-0.3, -0.25) is 0 Å². The molecule has 1 aliphatic rings. The second-order valence-electron chi connectivity index (χ2n) is 10.2. The first-order chi connectivity index (χ1) is 15.8. The normalized spacial score (nSPS) is 12.6. The van der Waals surface area contributed by atoms with Gasteiger partial charge in [0.05, 0.1) is 10.9 Å². The lowest BCUT2D eigenvalue weighted by molar-refractivity contribution is -0.633. The molecule has 0 fully saturated rings. The van der Waals surface area contributed by atoms with Gasteiger partial charge in [-0.15, -0.1) is 0 Å². The maximum Gasteiger partial charge on any atom is 0.257 e. The molecule has 4 aromatic carbocycles. The second-order valence-corrected chi connectivity index (χ2v) is 10.2. The van der Waals surface area contributed by atoms with E-state index in [1.54, 1.807) is 0 Å². The molecule has 164 valence electrons. The second kappa shape index (κ2) is 7.05. The molecule has 0 aliphatic carbocycles. The first-order valence-corrected chi connectivity index (χ1v) is 11.9. The number of benzene rings is 4. The van der Waals surface area contributed by atoms with Crippen molar-refractivity contribution in [3.8, 4) is 22.8 Å². The van der Waals surface area contributed by atoms with Crippen LogP contribution in [0.1, 0.15) is 36.1 Å². The molecule has 2 heterocycles. The Morgan fingerprint density at radius 1 is 0.879 bits per heavy atom. The third-order valence-corrected chi connectivity index (χ3v) is 7.32. The van der Waals surface area contributed by atoms with Crippen molar-refractivity contribution in [2.24, 2.45) is 13.0 Å². The van der Waals surface area contributed by atoms with Gasteiger partial charge in [0.1, 0.15) is 12.8 Å². The van der Waals surface area contributed by atoms with Crippen LogP contribution in [0.25, 0.3) is 43.7 Å². The molecule has 1 aliphatic heterocycles. The van der Waals surface area contributed by atoms with E-state index in [0.29, 0.717) is 5.92 Å². The van der Waals surface area contributed by atoms with Gasteiger partial charge in [0, 0.05) is 17.0 Å². The van der Waals surface area contributed by atoms with E-state index in [1.165, 1.54) is 66.0 Å². The average Bonchev–Trinajstić information content (AvgIpc) is 2.78. The van der Waals surface area contributed by atoms with E-state index in [-0.39, 0.29) is 0 Å². The first kappa shape index (κ1) is 20.2. The molecule has 0 saturated carbocycles. The molecule has 0 spiro atoms. The minimum atomic E-state index is 0.519. The summed E-state index contributed by atoms with van der Waals surface area (Å²) in [5.74, 6) is 2.54. The lowest BCUT2D eigenvalue weighted by atomic mass is 9.86. The van der Waals surface area contributed by atoms with Gasteiger partial charge < -0.3 is 4.74 Å². The van der Waals surface area contributed by atoms with Crippen LogP contribution < -0.4 is 9.30 Å². The molecule has 0 atom stereocenters. The van der Waals surface area contributed by atoms with Crippen LogP contribution in [0.5, 0.6) is 11.5 Å². The van der Waals surface area contributed by atoms with Gasteiger partial charge in [0.15, 0.2) is 0 Å². The number of hydrogen-bond acceptors (Lipinski definition) is 1. The van der Waals surface area contributed by atoms with Gasteiger partial charge in [-0.25, -0.2) is 0 Å². The summed E-state index contributed by atoms with van der Waals surface area (Å²) < 4.78 is 9.24. The van der Waals surface area contributed by atoms with Crippen molar-refractivity contribution < 1.29 is 9.30 Å². The average molecular weight is 433 g/mol. The van der Waals surface area contributed by atoms with Crippen molar-refractivity contribution in [2.75, 3.05) is 0 Å². The van der Waals surface area contributed by atoms with Gasteiger partial charge in [-0.05, 0) is 78.1 Å². The highest BCUT2D eigenvalue weighted by Crippen LogP contribution is 2.51. The minimum absolute atomic E-state index is 0.519. The predicted molar refractivity (Wildman–Crippen MR) is 138 cm³/mol. The number of aromatic nitrogens is 1. The Labute approximate surface area is 195 Å². The van der Waals surface area contributed by atoms with Crippen LogP contribution in [0.4, 0.5) is 0 Å². The molecule has 5 aromatic rings. The lowest BCUT2D eigenvalue weighted by Crippen LogP contribution is -2.34. The summed E-state index contributed by atoms with van der Waals surface area (Å²) in [5.41, 5.74) is 9.01. The van der Waals surface area contributed by atoms with E-state index in [1.807, 2.05) is 0 Å². The Kier molecular flexibility index (Phi) is 4.32. The van der Waals surface area contributed by atoms with Crippen LogP contribution in [-0.4, -0.2) is 0 Å². The Morgan fingerprint density at radius 3 is 2.45 bits per heavy atom. The van der Waals surface area contributed by atoms with Gasteiger partial charge in [-0.2, -0.15) is 4.57 Å². The monoisotopic (exact) mass is 432 g/mol. The maximum atomic E-state index is 6.87. The molecule has 1 aromatic heterocycles. The Balaban J connectivity index is 1.87. The van der Waals surface area contributed by atoms with E-state index >= 15 is 0 Å². The quantitative estimate of drug-likeness (QED) is 0.200. The Morgan fingerprint density at radius 2 is 1.67 bits per heavy atom. The number of aryl methyl sites for hydroxylation is 3. The van der Waals surface area contributed by atoms with Crippen molar-refractivity contribution >= 4 is 32.4 Å². The van der Waals surface area contributed by atoms with Crippen LogP contribution in [-0.2, 0) is 13.5 Å². The zero-order valence-corrected chi connectivity index (χ0v) is 20.3. The summed E-state index contributed by atoms with van der Waals surface area (Å²) >= 11 is 0. The summed E-state index contributed by atoms with van der Waals surface area (Å²) in [4.78, 5) is 0. The van der Waals surface area contributed by atoms with E-state index in [2.05, 4.69) is 101 Å². The van der Waals surface area contributed by atoms with Crippen molar-refractivity contribution in [1.82, 2.24) is 0 Å². The molecule has 2 nitrogen and oxygen atoms in total. The van der Waals surface area contributed by atoms with Crippen LogP contribution in [0, 0.1) is 26.7 Å². The lowest BCUT2D eigenvalue weighted by Gasteiger charge is -2.26. The maximum absolute atomic E-state index is 6.87. The van der Waals surface area contributed by atoms with Gasteiger partial charge in [0.25, 0.3) is 5.69 Å². The Bertz CT molecular complexity index is 1620.